The Balaban J connectivity index is 2.15. The number of nitrogens with zero attached hydrogens (tertiary/aromatic N) is 2. The van der Waals surface area contributed by atoms with E-state index in [4.69, 9.17) is 22.1 Å². The number of nitrogens with two attached hydrogens (primary N) is 1. The van der Waals surface area contributed by atoms with Crippen molar-refractivity contribution in [3.63, 3.8) is 0 Å². The minimum atomic E-state index is 0.164. The van der Waals surface area contributed by atoms with E-state index in [1.54, 1.807) is 0 Å². The first-order chi connectivity index (χ1) is 8.24. The number of aromatic nitrogens is 2. The van der Waals surface area contributed by atoms with Crippen molar-refractivity contribution in [3.05, 3.63) is 11.5 Å². The highest BCUT2D eigenvalue weighted by atomic mass is 35.5. The van der Waals surface area contributed by atoms with Crippen molar-refractivity contribution >= 4 is 17.3 Å². The number of halogens is 1. The van der Waals surface area contributed by atoms with E-state index >= 15 is 0 Å². The van der Waals surface area contributed by atoms with Gasteiger partial charge in [-0.3, -0.25) is 0 Å². The summed E-state index contributed by atoms with van der Waals surface area (Å²) in [6, 6.07) is 0. The van der Waals surface area contributed by atoms with Crippen LogP contribution in [0.15, 0.2) is 6.20 Å². The van der Waals surface area contributed by atoms with Gasteiger partial charge in [0.25, 0.3) is 0 Å². The van der Waals surface area contributed by atoms with Gasteiger partial charge in [-0.2, -0.15) is 4.98 Å². The average molecular weight is 258 g/mol. The summed E-state index contributed by atoms with van der Waals surface area (Å²) in [5.41, 5.74) is 6.09. The number of rotatable bonds is 8. The normalized spacial score (nSPS) is 10.5. The maximum atomic E-state index is 5.66. The molecule has 0 unspecified atom stereocenters. The van der Waals surface area contributed by atoms with Crippen molar-refractivity contribution in [2.75, 3.05) is 12.3 Å². The lowest BCUT2D eigenvalue weighted by molar-refractivity contribution is 0.294. The number of nitrogen functional groups attached to an aromatic ring is 1. The van der Waals surface area contributed by atoms with Crippen LogP contribution in [0.5, 0.6) is 5.88 Å². The van der Waals surface area contributed by atoms with Crippen molar-refractivity contribution in [2.45, 2.75) is 45.4 Å². The Morgan fingerprint density at radius 2 is 1.94 bits per heavy atom. The molecule has 4 nitrogen and oxygen atoms in total. The fourth-order valence-electron chi connectivity index (χ4n) is 1.52. The van der Waals surface area contributed by atoms with Crippen LogP contribution in [0.1, 0.15) is 45.4 Å². The summed E-state index contributed by atoms with van der Waals surface area (Å²) in [4.78, 5) is 7.69. The van der Waals surface area contributed by atoms with Crippen LogP contribution in [0.4, 0.5) is 5.69 Å². The van der Waals surface area contributed by atoms with E-state index in [0.29, 0.717) is 18.2 Å². The maximum Gasteiger partial charge on any atom is 0.241 e. The number of hydrogen-bond donors (Lipinski definition) is 1. The van der Waals surface area contributed by atoms with Gasteiger partial charge in [0.05, 0.1) is 12.8 Å². The first-order valence-electron chi connectivity index (χ1n) is 6.15. The summed E-state index contributed by atoms with van der Waals surface area (Å²) in [5.74, 6) is 0.388. The van der Waals surface area contributed by atoms with Gasteiger partial charge >= 0.3 is 0 Å². The fraction of sp³-hybridized carbons (Fsp3) is 0.667. The minimum Gasteiger partial charge on any atom is -0.476 e. The van der Waals surface area contributed by atoms with Crippen LogP contribution in [0.2, 0.25) is 5.28 Å². The van der Waals surface area contributed by atoms with Crippen LogP contribution >= 0.6 is 11.6 Å². The van der Waals surface area contributed by atoms with Crippen LogP contribution in [0.25, 0.3) is 0 Å². The second-order valence-electron chi connectivity index (χ2n) is 4.02. The molecule has 0 fully saturated rings. The van der Waals surface area contributed by atoms with Crippen LogP contribution in [-0.4, -0.2) is 16.6 Å². The minimum absolute atomic E-state index is 0.164. The molecule has 5 heteroatoms. The lowest BCUT2D eigenvalue weighted by Gasteiger charge is -2.07. The van der Waals surface area contributed by atoms with Gasteiger partial charge in [-0.25, -0.2) is 4.98 Å². The SMILES string of the molecule is CCCCCCCCOc1nc(Cl)ncc1N. The molecular weight excluding hydrogens is 238 g/mol. The predicted molar refractivity (Wildman–Crippen MR) is 70.3 cm³/mol. The van der Waals surface area contributed by atoms with Crippen molar-refractivity contribution in [1.82, 2.24) is 9.97 Å². The number of unbranched alkanes of at least 4 members (excludes halogenated alkanes) is 5. The second kappa shape index (κ2) is 8.12. The van der Waals surface area contributed by atoms with Crippen LogP contribution < -0.4 is 10.5 Å². The van der Waals surface area contributed by atoms with E-state index in [2.05, 4.69) is 16.9 Å². The molecule has 0 aliphatic heterocycles. The molecule has 0 bridgehead atoms. The zero-order valence-corrected chi connectivity index (χ0v) is 11.0. The molecule has 2 N–H and O–H groups in total. The predicted octanol–water partition coefficient (Wildman–Crippen LogP) is 3.45. The van der Waals surface area contributed by atoms with Crippen LogP contribution in [0.3, 0.4) is 0 Å². The quantitative estimate of drug-likeness (QED) is 0.572. The summed E-state index contributed by atoms with van der Waals surface area (Å²) in [6.07, 6.45) is 8.81. The molecule has 0 atom stereocenters. The number of ether oxygens (including phenoxy) is 1. The lowest BCUT2D eigenvalue weighted by Crippen LogP contribution is -2.03. The number of anilines is 1. The van der Waals surface area contributed by atoms with Gasteiger partial charge in [0, 0.05) is 0 Å². The van der Waals surface area contributed by atoms with Gasteiger partial charge in [-0.1, -0.05) is 39.0 Å². The average Bonchev–Trinajstić information content (AvgIpc) is 2.32. The first kappa shape index (κ1) is 14.0. The zero-order valence-electron chi connectivity index (χ0n) is 10.3. The summed E-state index contributed by atoms with van der Waals surface area (Å²) in [5, 5.41) is 0.164. The monoisotopic (exact) mass is 257 g/mol. The Hall–Kier alpha value is -1.03. The fourth-order valence-corrected chi connectivity index (χ4v) is 1.65. The summed E-state index contributed by atoms with van der Waals surface area (Å²) >= 11 is 5.66. The molecule has 96 valence electrons. The third-order valence-corrected chi connectivity index (χ3v) is 2.67. The van der Waals surface area contributed by atoms with Crippen molar-refractivity contribution < 1.29 is 4.74 Å². The Kier molecular flexibility index (Phi) is 6.70. The Bertz CT molecular complexity index is 334. The molecule has 0 saturated heterocycles. The van der Waals surface area contributed by atoms with E-state index in [1.807, 2.05) is 0 Å². The molecule has 0 aliphatic carbocycles. The summed E-state index contributed by atoms with van der Waals surface area (Å²) < 4.78 is 5.46. The van der Waals surface area contributed by atoms with Crippen LogP contribution in [0, 0.1) is 0 Å². The highest BCUT2D eigenvalue weighted by Crippen LogP contribution is 2.18. The van der Waals surface area contributed by atoms with Gasteiger partial charge in [-0.15, -0.1) is 0 Å². The van der Waals surface area contributed by atoms with Gasteiger partial charge in [0.2, 0.25) is 11.2 Å². The van der Waals surface area contributed by atoms with Crippen molar-refractivity contribution in [2.24, 2.45) is 0 Å². The van der Waals surface area contributed by atoms with Gasteiger partial charge in [0.15, 0.2) is 0 Å². The molecule has 1 aromatic rings. The number of hydrogen-bond acceptors (Lipinski definition) is 4. The molecule has 1 heterocycles. The van der Waals surface area contributed by atoms with E-state index in [9.17, 15) is 0 Å². The molecule has 0 aromatic carbocycles. The van der Waals surface area contributed by atoms with E-state index in [1.165, 1.54) is 38.3 Å². The van der Waals surface area contributed by atoms with E-state index in [-0.39, 0.29) is 5.28 Å². The highest BCUT2D eigenvalue weighted by Gasteiger charge is 2.03. The van der Waals surface area contributed by atoms with Crippen molar-refractivity contribution in [1.29, 1.82) is 0 Å². The topological polar surface area (TPSA) is 61.0 Å². The zero-order chi connectivity index (χ0) is 12.5. The lowest BCUT2D eigenvalue weighted by atomic mass is 10.1. The molecule has 0 radical (unpaired) electrons. The molecule has 0 spiro atoms. The maximum absolute atomic E-state index is 5.66. The molecule has 0 saturated carbocycles. The molecular formula is C12H20ClN3O. The van der Waals surface area contributed by atoms with Gasteiger partial charge in [-0.05, 0) is 18.0 Å². The van der Waals surface area contributed by atoms with Crippen molar-refractivity contribution in [3.8, 4) is 5.88 Å². The first-order valence-corrected chi connectivity index (χ1v) is 6.52. The Morgan fingerprint density at radius 1 is 1.24 bits per heavy atom. The molecule has 0 amide bonds. The van der Waals surface area contributed by atoms with Gasteiger partial charge < -0.3 is 10.5 Å². The smallest absolute Gasteiger partial charge is 0.241 e. The van der Waals surface area contributed by atoms with E-state index in [0.717, 1.165) is 6.42 Å². The Labute approximate surface area is 108 Å². The van der Waals surface area contributed by atoms with Gasteiger partial charge in [0.1, 0.15) is 5.69 Å². The van der Waals surface area contributed by atoms with Crippen LogP contribution in [-0.2, 0) is 0 Å². The standard InChI is InChI=1S/C12H20ClN3O/c1-2-3-4-5-6-7-8-17-11-10(14)9-15-12(13)16-11/h9H,2-8,14H2,1H3. The third kappa shape index (κ3) is 5.73. The largest absolute Gasteiger partial charge is 0.476 e. The molecule has 1 aromatic heterocycles. The third-order valence-electron chi connectivity index (χ3n) is 2.49. The molecule has 1 rings (SSSR count). The highest BCUT2D eigenvalue weighted by molar-refractivity contribution is 6.28. The Morgan fingerprint density at radius 3 is 2.71 bits per heavy atom. The van der Waals surface area contributed by atoms with E-state index < -0.39 is 0 Å². The summed E-state index contributed by atoms with van der Waals surface area (Å²) in [6.45, 7) is 2.84. The second-order valence-corrected chi connectivity index (χ2v) is 4.35. The molecule has 0 aliphatic rings. The summed E-state index contributed by atoms with van der Waals surface area (Å²) in [7, 11) is 0. The molecule has 17 heavy (non-hydrogen) atoms.